The molecule has 0 aliphatic heterocycles. The Morgan fingerprint density at radius 2 is 2.05 bits per heavy atom. The highest BCUT2D eigenvalue weighted by atomic mass is 35.5. The van der Waals surface area contributed by atoms with Gasteiger partial charge in [-0.2, -0.15) is 0 Å². The van der Waals surface area contributed by atoms with Gasteiger partial charge in [0.1, 0.15) is 18.0 Å². The van der Waals surface area contributed by atoms with Crippen LogP contribution in [0.5, 0.6) is 0 Å². The van der Waals surface area contributed by atoms with Crippen molar-refractivity contribution >= 4 is 72.3 Å². The summed E-state index contributed by atoms with van der Waals surface area (Å²) in [7, 11) is 0. The Hall–Kier alpha value is -4.35. The standard InChI is InChI=1S/C27H23ClN8O2S/c1-13(37)34-27-35-19-8-5-15(10-20(19)39-27)23(29)22-24(30)32-12-33-25(22)31-11-17-9-14-3-2-4-18(28)21(14)26(38)36(17)16-6-7-16/h2-5,8-10,12,16,29H,6-7,11H2,1H3,(H,34,35,37)(H3,30,31,32,33). The number of aromatic nitrogens is 4. The number of amides is 1. The summed E-state index contributed by atoms with van der Waals surface area (Å²) < 4.78 is 2.62. The number of rotatable bonds is 7. The molecule has 5 aromatic rings. The van der Waals surface area contributed by atoms with Crippen LogP contribution in [0.2, 0.25) is 5.02 Å². The van der Waals surface area contributed by atoms with Gasteiger partial charge in [-0.1, -0.05) is 41.1 Å². The summed E-state index contributed by atoms with van der Waals surface area (Å²) in [6.45, 7) is 1.72. The molecule has 1 aliphatic rings. The molecule has 1 saturated carbocycles. The predicted molar refractivity (Wildman–Crippen MR) is 155 cm³/mol. The maximum atomic E-state index is 13.4. The van der Waals surface area contributed by atoms with E-state index in [0.717, 1.165) is 28.6 Å². The molecule has 0 saturated heterocycles. The van der Waals surface area contributed by atoms with E-state index in [1.165, 1.54) is 24.6 Å². The van der Waals surface area contributed by atoms with Gasteiger partial charge in [0.15, 0.2) is 5.13 Å². The van der Waals surface area contributed by atoms with Crippen LogP contribution in [0.15, 0.2) is 53.6 Å². The fourth-order valence-electron chi connectivity index (χ4n) is 4.64. The number of pyridine rings is 1. The van der Waals surface area contributed by atoms with E-state index < -0.39 is 0 Å². The first-order valence-electron chi connectivity index (χ1n) is 12.2. The number of benzene rings is 2. The lowest BCUT2D eigenvalue weighted by Crippen LogP contribution is -2.25. The highest BCUT2D eigenvalue weighted by Crippen LogP contribution is 2.36. The van der Waals surface area contributed by atoms with Crippen LogP contribution in [0.25, 0.3) is 21.0 Å². The minimum Gasteiger partial charge on any atom is -0.383 e. The number of nitrogen functional groups attached to an aromatic ring is 1. The Morgan fingerprint density at radius 1 is 1.23 bits per heavy atom. The highest BCUT2D eigenvalue weighted by molar-refractivity contribution is 7.22. The molecule has 0 radical (unpaired) electrons. The monoisotopic (exact) mass is 558 g/mol. The fraction of sp³-hybridized carbons (Fsp3) is 0.185. The molecule has 10 nitrogen and oxygen atoms in total. The van der Waals surface area contributed by atoms with E-state index in [1.54, 1.807) is 22.8 Å². The number of carbonyl (C=O) groups excluding carboxylic acids is 1. The quantitative estimate of drug-likeness (QED) is 0.206. The fourth-order valence-corrected chi connectivity index (χ4v) is 5.85. The minimum atomic E-state index is -0.200. The number of hydrogen-bond acceptors (Lipinski definition) is 9. The van der Waals surface area contributed by atoms with Crippen LogP contribution in [0.3, 0.4) is 0 Å². The lowest BCUT2D eigenvalue weighted by atomic mass is 10.0. The Kier molecular flexibility index (Phi) is 6.24. The van der Waals surface area contributed by atoms with Gasteiger partial charge in [-0.3, -0.25) is 15.0 Å². The first-order valence-corrected chi connectivity index (χ1v) is 13.4. The van der Waals surface area contributed by atoms with Gasteiger partial charge >= 0.3 is 0 Å². The van der Waals surface area contributed by atoms with Crippen LogP contribution in [0.1, 0.15) is 42.6 Å². The van der Waals surface area contributed by atoms with E-state index in [4.69, 9.17) is 22.7 Å². The molecule has 39 heavy (non-hydrogen) atoms. The molecule has 1 fully saturated rings. The van der Waals surface area contributed by atoms with Crippen molar-refractivity contribution in [2.45, 2.75) is 32.4 Å². The van der Waals surface area contributed by atoms with Crippen LogP contribution in [-0.2, 0) is 11.3 Å². The van der Waals surface area contributed by atoms with Gasteiger partial charge in [0.05, 0.1) is 38.4 Å². The van der Waals surface area contributed by atoms with E-state index in [1.807, 2.05) is 24.3 Å². The molecule has 3 aromatic heterocycles. The molecule has 0 bridgehead atoms. The van der Waals surface area contributed by atoms with Gasteiger partial charge in [-0.15, -0.1) is 0 Å². The third-order valence-corrected chi connectivity index (χ3v) is 7.79. The summed E-state index contributed by atoms with van der Waals surface area (Å²) in [5.74, 6) is 0.344. The van der Waals surface area contributed by atoms with Crippen molar-refractivity contribution in [3.05, 3.63) is 81.0 Å². The van der Waals surface area contributed by atoms with Gasteiger partial charge in [0, 0.05) is 24.2 Å². The van der Waals surface area contributed by atoms with Crippen LogP contribution < -0.4 is 21.9 Å². The maximum Gasteiger partial charge on any atom is 0.260 e. The summed E-state index contributed by atoms with van der Waals surface area (Å²) >= 11 is 7.69. The third kappa shape index (κ3) is 4.70. The normalized spacial score (nSPS) is 13.1. The average Bonchev–Trinajstić information content (AvgIpc) is 3.65. The van der Waals surface area contributed by atoms with Gasteiger partial charge in [-0.05, 0) is 42.5 Å². The van der Waals surface area contributed by atoms with Gasteiger partial charge in [0.25, 0.3) is 5.56 Å². The van der Waals surface area contributed by atoms with E-state index in [2.05, 4.69) is 25.6 Å². The summed E-state index contributed by atoms with van der Waals surface area (Å²) in [5, 5.41) is 17.2. The molecule has 1 amide bonds. The second-order valence-corrected chi connectivity index (χ2v) is 10.8. The van der Waals surface area contributed by atoms with Crippen molar-refractivity contribution in [3.63, 3.8) is 0 Å². The first kappa shape index (κ1) is 25.0. The third-order valence-electron chi connectivity index (χ3n) is 6.55. The number of halogens is 1. The molecule has 0 atom stereocenters. The Labute approximate surface area is 231 Å². The summed E-state index contributed by atoms with van der Waals surface area (Å²) in [6, 6.07) is 12.9. The van der Waals surface area contributed by atoms with E-state index >= 15 is 0 Å². The topological polar surface area (TPSA) is 152 Å². The molecule has 1 aliphatic carbocycles. The van der Waals surface area contributed by atoms with Crippen molar-refractivity contribution in [1.29, 1.82) is 5.41 Å². The number of carbonyl (C=O) groups is 1. The predicted octanol–water partition coefficient (Wildman–Crippen LogP) is 4.96. The van der Waals surface area contributed by atoms with Gasteiger partial charge in [-0.25, -0.2) is 15.0 Å². The number of thiazole rings is 1. The summed E-state index contributed by atoms with van der Waals surface area (Å²) in [4.78, 5) is 37.7. The number of anilines is 3. The van der Waals surface area contributed by atoms with Gasteiger partial charge < -0.3 is 20.9 Å². The van der Waals surface area contributed by atoms with Crippen molar-refractivity contribution < 1.29 is 4.79 Å². The van der Waals surface area contributed by atoms with Crippen molar-refractivity contribution in [2.24, 2.45) is 0 Å². The largest absolute Gasteiger partial charge is 0.383 e. The average molecular weight is 559 g/mol. The molecule has 6 rings (SSSR count). The summed E-state index contributed by atoms with van der Waals surface area (Å²) in [6.07, 6.45) is 3.21. The van der Waals surface area contributed by atoms with Crippen LogP contribution in [-0.4, -0.2) is 31.1 Å². The first-order chi connectivity index (χ1) is 18.8. The molecule has 0 unspecified atom stereocenters. The highest BCUT2D eigenvalue weighted by Gasteiger charge is 2.28. The number of fused-ring (bicyclic) bond motifs is 2. The Bertz CT molecular complexity index is 1860. The van der Waals surface area contributed by atoms with Crippen LogP contribution >= 0.6 is 22.9 Å². The van der Waals surface area contributed by atoms with Crippen molar-refractivity contribution in [3.8, 4) is 0 Å². The van der Waals surface area contributed by atoms with Gasteiger partial charge in [0.2, 0.25) is 5.91 Å². The zero-order valence-corrected chi connectivity index (χ0v) is 22.4. The Morgan fingerprint density at radius 3 is 2.82 bits per heavy atom. The van der Waals surface area contributed by atoms with Crippen LogP contribution in [0.4, 0.5) is 16.8 Å². The second kappa shape index (κ2) is 9.75. The number of nitrogens with two attached hydrogens (primary N) is 1. The molecular weight excluding hydrogens is 536 g/mol. The Balaban J connectivity index is 1.34. The SMILES string of the molecule is CC(=O)Nc1nc2ccc(C(=N)c3c(N)ncnc3NCc3cc4cccc(Cl)c4c(=O)n3C3CC3)cc2s1. The summed E-state index contributed by atoms with van der Waals surface area (Å²) in [5.41, 5.74) is 8.73. The molecule has 3 heterocycles. The molecular formula is C27H23ClN8O2S. The second-order valence-electron chi connectivity index (χ2n) is 9.34. The van der Waals surface area contributed by atoms with E-state index in [9.17, 15) is 9.59 Å². The number of nitrogens with one attached hydrogen (secondary N) is 3. The van der Waals surface area contributed by atoms with Crippen molar-refractivity contribution in [2.75, 3.05) is 16.4 Å². The molecule has 5 N–H and O–H groups in total. The maximum absolute atomic E-state index is 13.4. The number of nitrogens with zero attached hydrogens (tertiary/aromatic N) is 4. The van der Waals surface area contributed by atoms with Crippen molar-refractivity contribution in [1.82, 2.24) is 19.5 Å². The van der Waals surface area contributed by atoms with Crippen LogP contribution in [0, 0.1) is 5.41 Å². The molecule has 196 valence electrons. The zero-order chi connectivity index (χ0) is 27.3. The molecule has 2 aromatic carbocycles. The lowest BCUT2D eigenvalue weighted by Gasteiger charge is -2.17. The van der Waals surface area contributed by atoms with E-state index in [-0.39, 0.29) is 29.0 Å². The minimum absolute atomic E-state index is 0.107. The molecule has 0 spiro atoms. The zero-order valence-electron chi connectivity index (χ0n) is 20.8. The number of hydrogen-bond donors (Lipinski definition) is 4. The smallest absolute Gasteiger partial charge is 0.260 e. The molecule has 12 heteroatoms. The lowest BCUT2D eigenvalue weighted by molar-refractivity contribution is -0.114. The van der Waals surface area contributed by atoms with E-state index in [0.29, 0.717) is 44.5 Å².